The molecule has 0 aromatic rings. The van der Waals surface area contributed by atoms with Crippen molar-refractivity contribution < 1.29 is 10.2 Å². The predicted molar refractivity (Wildman–Crippen MR) is 269 cm³/mol. The molecule has 0 amide bonds. The number of likely N-dealkylation sites (N-methyl/N-ethyl adjacent to an activating group) is 1. The Balaban J connectivity index is 0.000000235. The fraction of sp³-hybridized carbons (Fsp3) is 0.797. The number of fused-ring (bicyclic) bond motifs is 2. The summed E-state index contributed by atoms with van der Waals surface area (Å²) in [6.45, 7) is 37.8. The van der Waals surface area contributed by atoms with Gasteiger partial charge in [-0.3, -0.25) is 0 Å². The van der Waals surface area contributed by atoms with Crippen molar-refractivity contribution in [3.8, 4) is 0 Å². The number of rotatable bonds is 13. The van der Waals surface area contributed by atoms with E-state index in [9.17, 15) is 10.2 Å². The summed E-state index contributed by atoms with van der Waals surface area (Å²) in [5.74, 6) is 6.28. The lowest BCUT2D eigenvalue weighted by molar-refractivity contribution is 0.0596. The van der Waals surface area contributed by atoms with E-state index in [-0.39, 0.29) is 12.1 Å². The molecule has 6 aliphatic carbocycles. The van der Waals surface area contributed by atoms with Crippen molar-refractivity contribution in [1.82, 2.24) is 5.32 Å². The molecule has 3 nitrogen and oxygen atoms in total. The Kier molecular flexibility index (Phi) is 18.0. The van der Waals surface area contributed by atoms with E-state index in [1.807, 2.05) is 13.8 Å². The van der Waals surface area contributed by atoms with Crippen molar-refractivity contribution in [3.63, 3.8) is 0 Å². The maximum atomic E-state index is 10.4. The molecule has 0 aromatic heterocycles. The Hall–Kier alpha value is -1.68. The summed E-state index contributed by atoms with van der Waals surface area (Å²) in [6.07, 6.45) is 34.5. The lowest BCUT2D eigenvalue weighted by atomic mass is 9.60. The first-order valence-corrected chi connectivity index (χ1v) is 26.4. The molecular formula is C59H99NO2. The van der Waals surface area contributed by atoms with E-state index in [0.717, 1.165) is 73.3 Å². The standard InChI is InChI=1S/C30H50.C29H49NO2/c1-21-19-23(3)24(4)26(20-21)14-13-25-12-10-18-30(8)27(15-16-28(25)30)22(2)11-9-17-29(5,6)7;1-7-30-27-19-24(31)18-23(21(27)3)13-12-22-11-9-17-29(6)25(14-15-26(22)29)20(2)10-8-16-28(4,5)32/h13-14,21-23,27-28H,4,9-12,15-20H2,1-3,5-8H3;12-13,20,24-27,30-32H,3,7-11,14-19H2,1-2,4-6H3/b25-13+,26-14-;22-12+,23-13-/t21-,22+,23-,27+,28-,30+;20-,24-,25-,26+,27+,29-/m01/s1. The molecule has 0 spiro atoms. The van der Waals surface area contributed by atoms with Crippen LogP contribution in [0.3, 0.4) is 0 Å². The van der Waals surface area contributed by atoms with Crippen LogP contribution in [0.25, 0.3) is 0 Å². The molecule has 62 heavy (non-hydrogen) atoms. The van der Waals surface area contributed by atoms with E-state index in [0.29, 0.717) is 28.1 Å². The minimum atomic E-state index is -0.543. The lowest BCUT2D eigenvalue weighted by Gasteiger charge is -2.44. The molecule has 6 saturated carbocycles. The van der Waals surface area contributed by atoms with E-state index in [1.165, 1.54) is 119 Å². The first-order chi connectivity index (χ1) is 29.1. The second kappa shape index (κ2) is 21.7. The van der Waals surface area contributed by atoms with Gasteiger partial charge in [-0.1, -0.05) is 144 Å². The van der Waals surface area contributed by atoms with Gasteiger partial charge in [0.05, 0.1) is 11.7 Å². The number of hydrogen-bond acceptors (Lipinski definition) is 3. The Morgan fingerprint density at radius 1 is 0.726 bits per heavy atom. The Morgan fingerprint density at radius 2 is 1.23 bits per heavy atom. The summed E-state index contributed by atoms with van der Waals surface area (Å²) in [6, 6.07) is 0.200. The highest BCUT2D eigenvalue weighted by molar-refractivity contribution is 5.40. The van der Waals surface area contributed by atoms with Crippen LogP contribution in [-0.4, -0.2) is 34.5 Å². The van der Waals surface area contributed by atoms with Gasteiger partial charge in [0, 0.05) is 6.04 Å². The minimum absolute atomic E-state index is 0.200. The summed E-state index contributed by atoms with van der Waals surface area (Å²) in [5.41, 5.74) is 9.60. The molecule has 3 N–H and O–H groups in total. The number of aliphatic hydroxyl groups excluding tert-OH is 1. The monoisotopic (exact) mass is 854 g/mol. The fourth-order valence-electron chi connectivity index (χ4n) is 14.6. The zero-order valence-electron chi connectivity index (χ0n) is 42.7. The Morgan fingerprint density at radius 3 is 1.71 bits per heavy atom. The largest absolute Gasteiger partial charge is 0.393 e. The molecule has 0 bridgehead atoms. The molecule has 12 atom stereocenters. The van der Waals surface area contributed by atoms with Crippen LogP contribution in [0.4, 0.5) is 0 Å². The zero-order valence-corrected chi connectivity index (χ0v) is 42.7. The summed E-state index contributed by atoms with van der Waals surface area (Å²) >= 11 is 0. The molecule has 0 aliphatic heterocycles. The van der Waals surface area contributed by atoms with Crippen LogP contribution in [0.15, 0.2) is 70.9 Å². The van der Waals surface area contributed by atoms with Crippen molar-refractivity contribution >= 4 is 0 Å². The third-order valence-corrected chi connectivity index (χ3v) is 18.1. The summed E-state index contributed by atoms with van der Waals surface area (Å²) in [5, 5.41) is 23.9. The third-order valence-electron chi connectivity index (χ3n) is 18.1. The smallest absolute Gasteiger partial charge is 0.0598 e. The maximum Gasteiger partial charge on any atom is 0.0598 e. The van der Waals surface area contributed by atoms with Gasteiger partial charge in [-0.2, -0.15) is 0 Å². The molecule has 352 valence electrons. The average molecular weight is 854 g/mol. The maximum absolute atomic E-state index is 10.4. The van der Waals surface area contributed by atoms with Gasteiger partial charge in [-0.05, 0) is 209 Å². The number of allylic oxidation sites excluding steroid dienone is 8. The van der Waals surface area contributed by atoms with Gasteiger partial charge in [0.15, 0.2) is 0 Å². The first kappa shape index (κ1) is 51.3. The zero-order chi connectivity index (χ0) is 45.6. The van der Waals surface area contributed by atoms with Crippen LogP contribution in [0, 0.1) is 63.6 Å². The van der Waals surface area contributed by atoms with Crippen molar-refractivity contribution in [3.05, 3.63) is 70.9 Å². The van der Waals surface area contributed by atoms with E-state index < -0.39 is 5.60 Å². The quantitative estimate of drug-likeness (QED) is 0.173. The highest BCUT2D eigenvalue weighted by atomic mass is 16.3. The highest BCUT2D eigenvalue weighted by Crippen LogP contribution is 2.61. The number of aliphatic hydroxyl groups is 2. The number of hydrogen-bond donors (Lipinski definition) is 3. The fourth-order valence-corrected chi connectivity index (χ4v) is 14.6. The van der Waals surface area contributed by atoms with Crippen molar-refractivity contribution in [2.24, 2.45) is 63.6 Å². The van der Waals surface area contributed by atoms with Crippen molar-refractivity contribution in [2.45, 2.75) is 229 Å². The summed E-state index contributed by atoms with van der Waals surface area (Å²) in [4.78, 5) is 0. The second-order valence-electron chi connectivity index (χ2n) is 24.9. The minimum Gasteiger partial charge on any atom is -0.393 e. The average Bonchev–Trinajstić information content (AvgIpc) is 3.73. The number of nitrogens with one attached hydrogen (secondary N) is 1. The molecule has 3 heteroatoms. The molecule has 0 unspecified atom stereocenters. The van der Waals surface area contributed by atoms with Gasteiger partial charge in [-0.25, -0.2) is 0 Å². The molecule has 6 aliphatic rings. The van der Waals surface area contributed by atoms with Crippen molar-refractivity contribution in [2.75, 3.05) is 6.54 Å². The van der Waals surface area contributed by atoms with Crippen LogP contribution >= 0.6 is 0 Å². The van der Waals surface area contributed by atoms with Gasteiger partial charge in [0.2, 0.25) is 0 Å². The SMILES string of the molecule is C=C1/C(=C\C=C2/CCC[C@]3(C)[C@@H]([C@H](C)CCCC(C)(C)C)CC[C@@H]23)C[C@@H](C)C[C@@H]1C.C=C1/C(=C\C=C2/CCC[C@]3(C)[C@@H]([C@H](C)CCCC(C)(C)O)CC[C@@H]23)C[C@@H](O)C[C@@H]1NCC. The molecule has 6 rings (SSSR count). The van der Waals surface area contributed by atoms with Crippen LogP contribution < -0.4 is 5.32 Å². The van der Waals surface area contributed by atoms with Crippen LogP contribution in [-0.2, 0) is 0 Å². The molecule has 6 fully saturated rings. The van der Waals surface area contributed by atoms with Gasteiger partial charge in [0.25, 0.3) is 0 Å². The van der Waals surface area contributed by atoms with Gasteiger partial charge in [0.1, 0.15) is 0 Å². The summed E-state index contributed by atoms with van der Waals surface area (Å²) in [7, 11) is 0. The van der Waals surface area contributed by atoms with Crippen molar-refractivity contribution in [1.29, 1.82) is 0 Å². The van der Waals surface area contributed by atoms with E-state index in [4.69, 9.17) is 0 Å². The second-order valence-corrected chi connectivity index (χ2v) is 24.9. The van der Waals surface area contributed by atoms with E-state index in [1.54, 1.807) is 11.1 Å². The van der Waals surface area contributed by atoms with E-state index in [2.05, 4.69) is 112 Å². The molecule has 0 heterocycles. The van der Waals surface area contributed by atoms with Crippen LogP contribution in [0.2, 0.25) is 0 Å². The van der Waals surface area contributed by atoms with Gasteiger partial charge in [-0.15, -0.1) is 0 Å². The predicted octanol–water partition coefficient (Wildman–Crippen LogP) is 15.9. The highest BCUT2D eigenvalue weighted by Gasteiger charge is 2.51. The van der Waals surface area contributed by atoms with Gasteiger partial charge < -0.3 is 15.5 Å². The Labute approximate surface area is 384 Å². The molecule has 0 aromatic carbocycles. The molecule has 0 saturated heterocycles. The van der Waals surface area contributed by atoms with Crippen LogP contribution in [0.5, 0.6) is 0 Å². The van der Waals surface area contributed by atoms with E-state index >= 15 is 0 Å². The first-order valence-electron chi connectivity index (χ1n) is 26.4. The molecular weight excluding hydrogens is 755 g/mol. The lowest BCUT2D eigenvalue weighted by Crippen LogP contribution is -2.38. The third kappa shape index (κ3) is 13.0. The Bertz CT molecular complexity index is 1630. The van der Waals surface area contributed by atoms with Gasteiger partial charge >= 0.3 is 0 Å². The topological polar surface area (TPSA) is 52.5 Å². The van der Waals surface area contributed by atoms with Crippen LogP contribution in [0.1, 0.15) is 212 Å². The normalized spacial score (nSPS) is 38.0. The summed E-state index contributed by atoms with van der Waals surface area (Å²) < 4.78 is 0. The molecule has 0 radical (unpaired) electrons.